The molecule has 3 aromatic heterocycles. The predicted octanol–water partition coefficient (Wildman–Crippen LogP) is 5.04. The first-order valence-corrected chi connectivity index (χ1v) is 10.6. The fraction of sp³-hybridized carbons (Fsp3) is 0.115. The number of nitrogens with zero attached hydrogens (tertiary/aromatic N) is 2. The van der Waals surface area contributed by atoms with Crippen LogP contribution in [0.3, 0.4) is 0 Å². The van der Waals surface area contributed by atoms with Crippen LogP contribution in [-0.2, 0) is 6.42 Å². The second-order valence-corrected chi connectivity index (χ2v) is 7.87. The second-order valence-electron chi connectivity index (χ2n) is 7.87. The molecule has 33 heavy (non-hydrogen) atoms. The van der Waals surface area contributed by atoms with Gasteiger partial charge in [0.05, 0.1) is 12.2 Å². The Balaban J connectivity index is 1.33. The summed E-state index contributed by atoms with van der Waals surface area (Å²) in [5, 5.41) is 15.1. The van der Waals surface area contributed by atoms with Crippen LogP contribution in [0.4, 0.5) is 4.79 Å². The van der Waals surface area contributed by atoms with E-state index >= 15 is 0 Å². The van der Waals surface area contributed by atoms with E-state index in [4.69, 9.17) is 4.74 Å². The van der Waals surface area contributed by atoms with Gasteiger partial charge in [-0.15, -0.1) is 0 Å². The standard InChI is InChI=1S/C26H22N4O3/c31-26(32)30-22(10-21-14-29-25-4-2-1-3-24(21)25)16-33-23-11-20(13-28-15-23)17-5-6-19-12-27-8-7-18(19)9-17/h1-9,11-15,22,29-30H,10,16H2,(H,31,32)/t22-/m0/s1. The lowest BCUT2D eigenvalue weighted by Gasteiger charge is -2.18. The van der Waals surface area contributed by atoms with E-state index in [1.165, 1.54) is 0 Å². The van der Waals surface area contributed by atoms with Gasteiger partial charge in [-0.2, -0.15) is 0 Å². The van der Waals surface area contributed by atoms with E-state index in [0.29, 0.717) is 12.2 Å². The Morgan fingerprint density at radius 2 is 1.91 bits per heavy atom. The fourth-order valence-corrected chi connectivity index (χ4v) is 4.01. The van der Waals surface area contributed by atoms with Gasteiger partial charge in [-0.3, -0.25) is 9.97 Å². The molecule has 1 amide bonds. The number of aromatic nitrogens is 3. The van der Waals surface area contributed by atoms with Gasteiger partial charge < -0.3 is 20.1 Å². The van der Waals surface area contributed by atoms with E-state index in [1.807, 2.05) is 60.9 Å². The van der Waals surface area contributed by atoms with Gasteiger partial charge >= 0.3 is 6.09 Å². The number of nitrogens with one attached hydrogen (secondary N) is 2. The van der Waals surface area contributed by atoms with Gasteiger partial charge in [0.1, 0.15) is 12.4 Å². The zero-order chi connectivity index (χ0) is 22.6. The number of aromatic amines is 1. The summed E-state index contributed by atoms with van der Waals surface area (Å²) in [5.74, 6) is 0.582. The normalized spacial score (nSPS) is 12.0. The highest BCUT2D eigenvalue weighted by molar-refractivity contribution is 5.86. The Labute approximate surface area is 190 Å². The molecule has 0 spiro atoms. The monoisotopic (exact) mass is 438 g/mol. The molecule has 0 saturated heterocycles. The molecular weight excluding hydrogens is 416 g/mol. The number of benzene rings is 2. The van der Waals surface area contributed by atoms with Crippen molar-refractivity contribution < 1.29 is 14.6 Å². The van der Waals surface area contributed by atoms with Gasteiger partial charge in [-0.1, -0.05) is 30.3 Å². The lowest BCUT2D eigenvalue weighted by atomic mass is 10.0. The van der Waals surface area contributed by atoms with E-state index < -0.39 is 12.1 Å². The number of ether oxygens (including phenoxy) is 1. The number of carboxylic acid groups (broad SMARTS) is 1. The number of rotatable bonds is 7. The first-order valence-electron chi connectivity index (χ1n) is 10.6. The van der Waals surface area contributed by atoms with Gasteiger partial charge in [0.15, 0.2) is 0 Å². The van der Waals surface area contributed by atoms with Gasteiger partial charge in [-0.05, 0) is 47.2 Å². The summed E-state index contributed by atoms with van der Waals surface area (Å²) in [6.45, 7) is 0.181. The smallest absolute Gasteiger partial charge is 0.405 e. The molecule has 0 fully saturated rings. The number of amides is 1. The minimum Gasteiger partial charge on any atom is -0.490 e. The largest absolute Gasteiger partial charge is 0.490 e. The molecule has 3 N–H and O–H groups in total. The van der Waals surface area contributed by atoms with E-state index in [1.54, 1.807) is 18.6 Å². The minimum atomic E-state index is -1.08. The third-order valence-corrected chi connectivity index (χ3v) is 5.61. The van der Waals surface area contributed by atoms with Crippen molar-refractivity contribution in [3.63, 3.8) is 0 Å². The molecule has 164 valence electrons. The van der Waals surface area contributed by atoms with E-state index in [-0.39, 0.29) is 6.61 Å². The summed E-state index contributed by atoms with van der Waals surface area (Å²) in [6.07, 6.45) is 8.36. The van der Waals surface area contributed by atoms with Crippen molar-refractivity contribution in [2.24, 2.45) is 0 Å². The zero-order valence-corrected chi connectivity index (χ0v) is 17.7. The molecule has 7 heteroatoms. The molecule has 3 heterocycles. The molecule has 2 aromatic carbocycles. The van der Waals surface area contributed by atoms with Gasteiger partial charge in [-0.25, -0.2) is 4.79 Å². The summed E-state index contributed by atoms with van der Waals surface area (Å²) < 4.78 is 5.97. The number of H-pyrrole nitrogens is 1. The Morgan fingerprint density at radius 3 is 2.82 bits per heavy atom. The molecule has 0 saturated carbocycles. The van der Waals surface area contributed by atoms with Crippen LogP contribution >= 0.6 is 0 Å². The van der Waals surface area contributed by atoms with Crippen LogP contribution in [0.2, 0.25) is 0 Å². The fourth-order valence-electron chi connectivity index (χ4n) is 4.01. The summed E-state index contributed by atoms with van der Waals surface area (Å²) in [5.41, 5.74) is 3.99. The third kappa shape index (κ3) is 4.62. The van der Waals surface area contributed by atoms with E-state index in [9.17, 15) is 9.90 Å². The van der Waals surface area contributed by atoms with Crippen LogP contribution in [0, 0.1) is 0 Å². The van der Waals surface area contributed by atoms with E-state index in [2.05, 4.69) is 26.3 Å². The van der Waals surface area contributed by atoms with Crippen molar-refractivity contribution in [1.29, 1.82) is 0 Å². The first-order chi connectivity index (χ1) is 16.2. The van der Waals surface area contributed by atoms with Crippen molar-refractivity contribution in [1.82, 2.24) is 20.3 Å². The highest BCUT2D eigenvalue weighted by Gasteiger charge is 2.16. The maximum atomic E-state index is 11.4. The average Bonchev–Trinajstić information content (AvgIpc) is 3.25. The molecule has 0 aliphatic heterocycles. The number of pyridine rings is 2. The van der Waals surface area contributed by atoms with Gasteiger partial charge in [0.25, 0.3) is 0 Å². The molecule has 5 aromatic rings. The molecule has 0 radical (unpaired) electrons. The van der Waals surface area contributed by atoms with Crippen LogP contribution in [0.5, 0.6) is 5.75 Å². The van der Waals surface area contributed by atoms with Crippen molar-refractivity contribution in [3.8, 4) is 16.9 Å². The van der Waals surface area contributed by atoms with Crippen molar-refractivity contribution in [2.75, 3.05) is 6.61 Å². The molecule has 5 rings (SSSR count). The van der Waals surface area contributed by atoms with Gasteiger partial charge in [0, 0.05) is 46.6 Å². The topological polar surface area (TPSA) is 100 Å². The van der Waals surface area contributed by atoms with Crippen LogP contribution in [0.25, 0.3) is 32.8 Å². The number of hydrogen-bond donors (Lipinski definition) is 3. The maximum Gasteiger partial charge on any atom is 0.405 e. The first kappa shape index (κ1) is 20.5. The van der Waals surface area contributed by atoms with Crippen LogP contribution in [0.15, 0.2) is 85.6 Å². The third-order valence-electron chi connectivity index (χ3n) is 5.61. The minimum absolute atomic E-state index is 0.181. The Bertz CT molecular complexity index is 1430. The molecular formula is C26H22N4O3. The quantitative estimate of drug-likeness (QED) is 0.331. The SMILES string of the molecule is O=C(O)N[C@H](COc1cncc(-c2ccc3cnccc3c2)c1)Cc1c[nH]c2ccccc12. The van der Waals surface area contributed by atoms with Crippen LogP contribution in [0.1, 0.15) is 5.56 Å². The summed E-state index contributed by atoms with van der Waals surface area (Å²) >= 11 is 0. The maximum absolute atomic E-state index is 11.4. The van der Waals surface area contributed by atoms with Crippen LogP contribution < -0.4 is 10.1 Å². The lowest BCUT2D eigenvalue weighted by Crippen LogP contribution is -2.39. The number of hydrogen-bond acceptors (Lipinski definition) is 4. The average molecular weight is 438 g/mol. The summed E-state index contributed by atoms with van der Waals surface area (Å²) in [7, 11) is 0. The van der Waals surface area contributed by atoms with E-state index in [0.717, 1.165) is 38.4 Å². The molecule has 7 nitrogen and oxygen atoms in total. The van der Waals surface area contributed by atoms with Crippen molar-refractivity contribution in [3.05, 3.63) is 91.1 Å². The molecule has 0 aliphatic rings. The highest BCUT2D eigenvalue weighted by atomic mass is 16.5. The molecule has 0 bridgehead atoms. The molecule has 1 atom stereocenters. The Kier molecular flexibility index (Phi) is 5.59. The van der Waals surface area contributed by atoms with Gasteiger partial charge in [0.2, 0.25) is 0 Å². The zero-order valence-electron chi connectivity index (χ0n) is 17.7. The number of para-hydroxylation sites is 1. The summed E-state index contributed by atoms with van der Waals surface area (Å²) in [6, 6.07) is 17.6. The number of fused-ring (bicyclic) bond motifs is 2. The van der Waals surface area contributed by atoms with Crippen molar-refractivity contribution in [2.45, 2.75) is 12.5 Å². The Morgan fingerprint density at radius 1 is 1.00 bits per heavy atom. The van der Waals surface area contributed by atoms with Crippen molar-refractivity contribution >= 4 is 27.8 Å². The highest BCUT2D eigenvalue weighted by Crippen LogP contribution is 2.26. The number of carbonyl (C=O) groups is 1. The Hall–Kier alpha value is -4.39. The molecule has 0 unspecified atom stereocenters. The van der Waals surface area contributed by atoms with Crippen LogP contribution in [-0.4, -0.2) is 38.8 Å². The second kappa shape index (κ2) is 9.00. The summed E-state index contributed by atoms with van der Waals surface area (Å²) in [4.78, 5) is 23.1. The molecule has 0 aliphatic carbocycles. The lowest BCUT2D eigenvalue weighted by molar-refractivity contribution is 0.181. The predicted molar refractivity (Wildman–Crippen MR) is 127 cm³/mol.